The van der Waals surface area contributed by atoms with Gasteiger partial charge in [0.1, 0.15) is 0 Å². The van der Waals surface area contributed by atoms with Gasteiger partial charge in [0.2, 0.25) is 0 Å². The number of hydrogen-bond acceptors (Lipinski definition) is 1. The first-order chi connectivity index (χ1) is 7.77. The zero-order valence-electron chi connectivity index (χ0n) is 11.5. The molecule has 0 spiro atoms. The molecule has 16 heavy (non-hydrogen) atoms. The Labute approximate surface area is 101 Å². The molecule has 1 aromatic rings. The van der Waals surface area contributed by atoms with Crippen molar-refractivity contribution in [1.82, 2.24) is 4.98 Å². The maximum absolute atomic E-state index is 4.25. The lowest BCUT2D eigenvalue weighted by Crippen LogP contribution is -1.87. The summed E-state index contributed by atoms with van der Waals surface area (Å²) in [6.07, 6.45) is 7.67. The van der Waals surface area contributed by atoms with Gasteiger partial charge in [-0.05, 0) is 31.6 Å². The Hall–Kier alpha value is -1.37. The average molecular weight is 219 g/mol. The highest BCUT2D eigenvalue weighted by Gasteiger charge is 1.95. The van der Waals surface area contributed by atoms with Crippen molar-refractivity contribution in [2.45, 2.75) is 41.5 Å². The van der Waals surface area contributed by atoms with Gasteiger partial charge in [-0.15, -0.1) is 0 Å². The van der Waals surface area contributed by atoms with Gasteiger partial charge in [0.15, 0.2) is 0 Å². The summed E-state index contributed by atoms with van der Waals surface area (Å²) in [7, 11) is 0. The van der Waals surface area contributed by atoms with Crippen LogP contribution in [-0.4, -0.2) is 4.98 Å². The molecule has 1 rings (SSSR count). The number of aryl methyl sites for hydroxylation is 1. The molecule has 1 nitrogen and oxygen atoms in total. The molecule has 0 aromatic carbocycles. The molecule has 0 saturated carbocycles. The number of aromatic nitrogens is 1. The van der Waals surface area contributed by atoms with Crippen LogP contribution >= 0.6 is 0 Å². The van der Waals surface area contributed by atoms with Crippen LogP contribution in [0.4, 0.5) is 0 Å². The summed E-state index contributed by atoms with van der Waals surface area (Å²) in [5.41, 5.74) is 3.25. The third kappa shape index (κ3) is 6.18. The van der Waals surface area contributed by atoms with Crippen molar-refractivity contribution < 1.29 is 0 Å². The maximum Gasteiger partial charge on any atom is 0.0696 e. The summed E-state index contributed by atoms with van der Waals surface area (Å²) in [6, 6.07) is 2.10. The molecular weight excluding hydrogens is 194 g/mol. The van der Waals surface area contributed by atoms with E-state index in [-0.39, 0.29) is 0 Å². The Kier molecular flexibility index (Phi) is 12.5. The molecule has 90 valence electrons. The molecule has 0 aliphatic heterocycles. The number of nitrogens with zero attached hydrogens (tertiary/aromatic N) is 1. The predicted molar refractivity (Wildman–Crippen MR) is 76.5 cm³/mol. The smallest absolute Gasteiger partial charge is 0.0696 e. The third-order valence-electron chi connectivity index (χ3n) is 1.63. The van der Waals surface area contributed by atoms with E-state index in [1.807, 2.05) is 59.9 Å². The van der Waals surface area contributed by atoms with Gasteiger partial charge in [-0.3, -0.25) is 4.98 Å². The van der Waals surface area contributed by atoms with Gasteiger partial charge in [0.05, 0.1) is 5.69 Å². The van der Waals surface area contributed by atoms with Crippen LogP contribution < -0.4 is 0 Å². The standard InChI is InChI=1S/C11H13N.2C2H6/c1-4-6-10-7-9(3)8-12-11(10)5-2;2*1-2/h4-8H,2H2,1,3H3;2*1-2H3/b6-4-;;. The van der Waals surface area contributed by atoms with E-state index in [1.54, 1.807) is 6.08 Å². The van der Waals surface area contributed by atoms with Gasteiger partial charge in [-0.25, -0.2) is 0 Å². The summed E-state index contributed by atoms with van der Waals surface area (Å²) in [5, 5.41) is 0. The highest BCUT2D eigenvalue weighted by molar-refractivity contribution is 5.61. The number of hydrogen-bond donors (Lipinski definition) is 0. The van der Waals surface area contributed by atoms with Crippen LogP contribution in [0.5, 0.6) is 0 Å². The zero-order chi connectivity index (χ0) is 13.0. The second-order valence-corrected chi connectivity index (χ2v) is 2.69. The van der Waals surface area contributed by atoms with Gasteiger partial charge in [-0.1, -0.05) is 46.4 Å². The number of pyridine rings is 1. The first kappa shape index (κ1) is 17.0. The van der Waals surface area contributed by atoms with Crippen LogP contribution in [0.1, 0.15) is 51.4 Å². The summed E-state index contributed by atoms with van der Waals surface area (Å²) >= 11 is 0. The summed E-state index contributed by atoms with van der Waals surface area (Å²) in [6.45, 7) is 15.7. The highest BCUT2D eigenvalue weighted by Crippen LogP contribution is 2.11. The Morgan fingerprint density at radius 3 is 2.19 bits per heavy atom. The molecule has 1 heterocycles. The quantitative estimate of drug-likeness (QED) is 0.673. The molecule has 1 aromatic heterocycles. The van der Waals surface area contributed by atoms with E-state index in [0.29, 0.717) is 0 Å². The summed E-state index contributed by atoms with van der Waals surface area (Å²) in [4.78, 5) is 4.25. The van der Waals surface area contributed by atoms with Crippen molar-refractivity contribution in [3.63, 3.8) is 0 Å². The monoisotopic (exact) mass is 219 g/mol. The van der Waals surface area contributed by atoms with Crippen LogP contribution in [0.25, 0.3) is 12.2 Å². The van der Waals surface area contributed by atoms with E-state index in [1.165, 1.54) is 5.56 Å². The topological polar surface area (TPSA) is 12.9 Å². The van der Waals surface area contributed by atoms with Gasteiger partial charge in [0.25, 0.3) is 0 Å². The fourth-order valence-electron chi connectivity index (χ4n) is 1.09. The van der Waals surface area contributed by atoms with Crippen LogP contribution in [0.3, 0.4) is 0 Å². The second kappa shape index (κ2) is 11.7. The lowest BCUT2D eigenvalue weighted by Gasteiger charge is -2.00. The molecule has 1 heteroatoms. The molecule has 0 saturated heterocycles. The van der Waals surface area contributed by atoms with Crippen LogP contribution in [0, 0.1) is 6.92 Å². The van der Waals surface area contributed by atoms with Crippen LogP contribution in [0.2, 0.25) is 0 Å². The van der Waals surface area contributed by atoms with E-state index in [2.05, 4.69) is 17.6 Å². The number of allylic oxidation sites excluding steroid dienone is 1. The van der Waals surface area contributed by atoms with Crippen molar-refractivity contribution in [2.24, 2.45) is 0 Å². The Morgan fingerprint density at radius 2 is 1.75 bits per heavy atom. The maximum atomic E-state index is 4.25. The largest absolute Gasteiger partial charge is 0.256 e. The lowest BCUT2D eigenvalue weighted by atomic mass is 10.1. The minimum Gasteiger partial charge on any atom is -0.256 e. The number of rotatable bonds is 2. The van der Waals surface area contributed by atoms with E-state index in [9.17, 15) is 0 Å². The van der Waals surface area contributed by atoms with Crippen LogP contribution in [0.15, 0.2) is 24.9 Å². The molecular formula is C15H25N. The van der Waals surface area contributed by atoms with Crippen molar-refractivity contribution in [1.29, 1.82) is 0 Å². The van der Waals surface area contributed by atoms with Crippen molar-refractivity contribution in [3.05, 3.63) is 41.7 Å². The molecule has 0 fully saturated rings. The van der Waals surface area contributed by atoms with Gasteiger partial charge in [0, 0.05) is 11.8 Å². The van der Waals surface area contributed by atoms with Gasteiger partial charge in [-0.2, -0.15) is 0 Å². The molecule has 0 aliphatic carbocycles. The summed E-state index contributed by atoms with van der Waals surface area (Å²) < 4.78 is 0. The van der Waals surface area contributed by atoms with Crippen molar-refractivity contribution in [3.8, 4) is 0 Å². The van der Waals surface area contributed by atoms with E-state index in [4.69, 9.17) is 0 Å². The second-order valence-electron chi connectivity index (χ2n) is 2.69. The lowest BCUT2D eigenvalue weighted by molar-refractivity contribution is 1.23. The Bertz CT molecular complexity index is 311. The fraction of sp³-hybridized carbons (Fsp3) is 0.400. The van der Waals surface area contributed by atoms with E-state index < -0.39 is 0 Å². The van der Waals surface area contributed by atoms with Crippen LogP contribution in [-0.2, 0) is 0 Å². The average Bonchev–Trinajstić information content (AvgIpc) is 2.35. The van der Waals surface area contributed by atoms with E-state index in [0.717, 1.165) is 11.3 Å². The van der Waals surface area contributed by atoms with E-state index >= 15 is 0 Å². The zero-order valence-corrected chi connectivity index (χ0v) is 11.5. The first-order valence-corrected chi connectivity index (χ1v) is 5.99. The molecule has 0 aliphatic rings. The predicted octanol–water partition coefficient (Wildman–Crippen LogP) is 5.12. The van der Waals surface area contributed by atoms with Gasteiger partial charge < -0.3 is 0 Å². The molecule has 0 amide bonds. The van der Waals surface area contributed by atoms with Gasteiger partial charge >= 0.3 is 0 Å². The minimum absolute atomic E-state index is 0.943. The minimum atomic E-state index is 0.943. The highest BCUT2D eigenvalue weighted by atomic mass is 14.7. The Morgan fingerprint density at radius 1 is 1.19 bits per heavy atom. The molecule has 0 radical (unpaired) electrons. The first-order valence-electron chi connectivity index (χ1n) is 5.99. The van der Waals surface area contributed by atoms with Crippen molar-refractivity contribution in [2.75, 3.05) is 0 Å². The third-order valence-corrected chi connectivity index (χ3v) is 1.63. The molecule has 0 unspecified atom stereocenters. The fourth-order valence-corrected chi connectivity index (χ4v) is 1.09. The molecule has 0 atom stereocenters. The molecule has 0 N–H and O–H groups in total. The normalized spacial score (nSPS) is 8.62. The summed E-state index contributed by atoms with van der Waals surface area (Å²) in [5.74, 6) is 0. The van der Waals surface area contributed by atoms with Crippen molar-refractivity contribution >= 4 is 12.2 Å². The molecule has 0 bridgehead atoms. The SMILES string of the molecule is C=Cc1ncc(C)cc1/C=C\C.CC.CC. The Balaban J connectivity index is 0.